The molecule has 1 aliphatic heterocycles. The standard InChI is InChI=1S/C21H27N7/c1-2-5-16(4-1)25-21-22-10-9-20(26-21)28-11-3-6-18(14-28)24-17-7-8-19-15(12-17)13-23-27-19/h7-10,12-13,16,18,24H,1-6,11,14H2,(H,23,27)(H,22,25,26). The SMILES string of the molecule is c1cc(N2CCCC(Nc3ccc4[nH]ncc4c3)C2)nc(NC2CCCC2)n1. The third-order valence-corrected chi connectivity index (χ3v) is 5.89. The van der Waals surface area contributed by atoms with Crippen molar-refractivity contribution < 1.29 is 0 Å². The molecular weight excluding hydrogens is 350 g/mol. The first-order chi connectivity index (χ1) is 13.8. The molecule has 3 heterocycles. The van der Waals surface area contributed by atoms with Crippen LogP contribution in [0.5, 0.6) is 0 Å². The summed E-state index contributed by atoms with van der Waals surface area (Å²) in [6.45, 7) is 1.99. The lowest BCUT2D eigenvalue weighted by molar-refractivity contribution is 0.526. The van der Waals surface area contributed by atoms with Crippen molar-refractivity contribution in [2.24, 2.45) is 0 Å². The third kappa shape index (κ3) is 3.74. The highest BCUT2D eigenvalue weighted by Gasteiger charge is 2.22. The number of H-pyrrole nitrogens is 1. The number of anilines is 3. The Hall–Kier alpha value is -2.83. The average molecular weight is 377 g/mol. The van der Waals surface area contributed by atoms with Gasteiger partial charge in [0.15, 0.2) is 0 Å². The summed E-state index contributed by atoms with van der Waals surface area (Å²) in [7, 11) is 0. The number of aromatic nitrogens is 4. The molecule has 1 unspecified atom stereocenters. The molecule has 146 valence electrons. The van der Waals surface area contributed by atoms with Crippen LogP contribution in [0.4, 0.5) is 17.5 Å². The number of aromatic amines is 1. The summed E-state index contributed by atoms with van der Waals surface area (Å²) in [5.74, 6) is 1.79. The van der Waals surface area contributed by atoms with Crippen molar-refractivity contribution >= 4 is 28.4 Å². The first-order valence-electron chi connectivity index (χ1n) is 10.4. The average Bonchev–Trinajstić information content (AvgIpc) is 3.40. The van der Waals surface area contributed by atoms with Crippen LogP contribution in [-0.4, -0.2) is 45.3 Å². The molecular formula is C21H27N7. The van der Waals surface area contributed by atoms with E-state index in [4.69, 9.17) is 4.98 Å². The molecule has 1 atom stereocenters. The van der Waals surface area contributed by atoms with Gasteiger partial charge in [0.2, 0.25) is 5.95 Å². The maximum Gasteiger partial charge on any atom is 0.224 e. The van der Waals surface area contributed by atoms with Gasteiger partial charge in [-0.1, -0.05) is 12.8 Å². The number of fused-ring (bicyclic) bond motifs is 1. The Morgan fingerprint density at radius 1 is 1.00 bits per heavy atom. The summed E-state index contributed by atoms with van der Waals surface area (Å²) >= 11 is 0. The largest absolute Gasteiger partial charge is 0.381 e. The van der Waals surface area contributed by atoms with Gasteiger partial charge in [0.25, 0.3) is 0 Å². The van der Waals surface area contributed by atoms with E-state index in [1.807, 2.05) is 18.5 Å². The fourth-order valence-electron chi connectivity index (χ4n) is 4.42. The Balaban J connectivity index is 1.26. The van der Waals surface area contributed by atoms with Gasteiger partial charge in [0.1, 0.15) is 5.82 Å². The molecule has 0 spiro atoms. The van der Waals surface area contributed by atoms with E-state index in [1.54, 1.807) is 0 Å². The smallest absolute Gasteiger partial charge is 0.224 e. The first-order valence-corrected chi connectivity index (χ1v) is 10.4. The minimum atomic E-state index is 0.402. The minimum absolute atomic E-state index is 0.402. The summed E-state index contributed by atoms with van der Waals surface area (Å²) in [6, 6.07) is 9.32. The van der Waals surface area contributed by atoms with Crippen LogP contribution in [0.25, 0.3) is 10.9 Å². The monoisotopic (exact) mass is 377 g/mol. The van der Waals surface area contributed by atoms with Crippen molar-refractivity contribution in [3.8, 4) is 0 Å². The summed E-state index contributed by atoms with van der Waals surface area (Å²) in [5, 5.41) is 15.4. The quantitative estimate of drug-likeness (QED) is 0.628. The molecule has 1 saturated heterocycles. The maximum absolute atomic E-state index is 4.80. The molecule has 1 saturated carbocycles. The molecule has 0 bridgehead atoms. The predicted molar refractivity (Wildman–Crippen MR) is 113 cm³/mol. The highest BCUT2D eigenvalue weighted by Crippen LogP contribution is 2.24. The van der Waals surface area contributed by atoms with Crippen LogP contribution in [-0.2, 0) is 0 Å². The molecule has 2 aliphatic rings. The Labute approximate surface area is 165 Å². The van der Waals surface area contributed by atoms with Crippen LogP contribution in [0.3, 0.4) is 0 Å². The fraction of sp³-hybridized carbons (Fsp3) is 0.476. The zero-order chi connectivity index (χ0) is 18.8. The second-order valence-corrected chi connectivity index (χ2v) is 7.97. The van der Waals surface area contributed by atoms with Crippen molar-refractivity contribution in [3.63, 3.8) is 0 Å². The van der Waals surface area contributed by atoms with Gasteiger partial charge in [-0.25, -0.2) is 4.98 Å². The van der Waals surface area contributed by atoms with Gasteiger partial charge in [-0.3, -0.25) is 5.10 Å². The summed E-state index contributed by atoms with van der Waals surface area (Å²) in [4.78, 5) is 11.6. The van der Waals surface area contributed by atoms with Crippen LogP contribution in [0.2, 0.25) is 0 Å². The Morgan fingerprint density at radius 3 is 2.82 bits per heavy atom. The zero-order valence-electron chi connectivity index (χ0n) is 16.1. The van der Waals surface area contributed by atoms with E-state index in [9.17, 15) is 0 Å². The Bertz CT molecular complexity index is 931. The van der Waals surface area contributed by atoms with E-state index < -0.39 is 0 Å². The minimum Gasteiger partial charge on any atom is -0.381 e. The number of piperidine rings is 1. The maximum atomic E-state index is 4.80. The van der Waals surface area contributed by atoms with E-state index >= 15 is 0 Å². The van der Waals surface area contributed by atoms with E-state index in [0.717, 1.165) is 54.3 Å². The molecule has 1 aromatic carbocycles. The summed E-state index contributed by atoms with van der Waals surface area (Å²) < 4.78 is 0. The first kappa shape index (κ1) is 17.3. The van der Waals surface area contributed by atoms with Crippen molar-refractivity contribution in [3.05, 3.63) is 36.7 Å². The highest BCUT2D eigenvalue weighted by molar-refractivity contribution is 5.81. The highest BCUT2D eigenvalue weighted by atomic mass is 15.2. The van der Waals surface area contributed by atoms with Gasteiger partial charge < -0.3 is 15.5 Å². The van der Waals surface area contributed by atoms with E-state index in [-0.39, 0.29) is 0 Å². The zero-order valence-corrected chi connectivity index (χ0v) is 16.1. The molecule has 3 aromatic rings. The van der Waals surface area contributed by atoms with Crippen molar-refractivity contribution in [1.82, 2.24) is 20.2 Å². The predicted octanol–water partition coefficient (Wildman–Crippen LogP) is 3.79. The second-order valence-electron chi connectivity index (χ2n) is 7.97. The molecule has 3 N–H and O–H groups in total. The normalized spacial score (nSPS) is 20.6. The number of hydrogen-bond donors (Lipinski definition) is 3. The van der Waals surface area contributed by atoms with Gasteiger partial charge in [0.05, 0.1) is 11.7 Å². The number of benzene rings is 1. The topological polar surface area (TPSA) is 81.8 Å². The third-order valence-electron chi connectivity index (χ3n) is 5.89. The summed E-state index contributed by atoms with van der Waals surface area (Å²) in [5.41, 5.74) is 2.21. The lowest BCUT2D eigenvalue weighted by Crippen LogP contribution is -2.42. The molecule has 0 radical (unpaired) electrons. The molecule has 7 nitrogen and oxygen atoms in total. The van der Waals surface area contributed by atoms with Gasteiger partial charge >= 0.3 is 0 Å². The number of nitrogens with one attached hydrogen (secondary N) is 3. The molecule has 0 amide bonds. The van der Waals surface area contributed by atoms with Crippen LogP contribution >= 0.6 is 0 Å². The van der Waals surface area contributed by atoms with Crippen LogP contribution in [0.15, 0.2) is 36.7 Å². The number of rotatable bonds is 5. The second kappa shape index (κ2) is 7.66. The lowest BCUT2D eigenvalue weighted by Gasteiger charge is -2.34. The van der Waals surface area contributed by atoms with Gasteiger partial charge in [-0.05, 0) is 49.9 Å². The molecule has 2 aromatic heterocycles. The molecule has 28 heavy (non-hydrogen) atoms. The van der Waals surface area contributed by atoms with Crippen molar-refractivity contribution in [2.75, 3.05) is 28.6 Å². The summed E-state index contributed by atoms with van der Waals surface area (Å²) in [6.07, 6.45) is 11.1. The van der Waals surface area contributed by atoms with Gasteiger partial charge in [-0.2, -0.15) is 10.1 Å². The molecule has 5 rings (SSSR count). The van der Waals surface area contributed by atoms with Crippen molar-refractivity contribution in [2.45, 2.75) is 50.6 Å². The number of hydrogen-bond acceptors (Lipinski definition) is 6. The van der Waals surface area contributed by atoms with E-state index in [1.165, 1.54) is 25.7 Å². The Kier molecular flexibility index (Phi) is 4.72. The van der Waals surface area contributed by atoms with Crippen molar-refractivity contribution in [1.29, 1.82) is 0 Å². The molecule has 1 aliphatic carbocycles. The van der Waals surface area contributed by atoms with E-state index in [0.29, 0.717) is 12.1 Å². The van der Waals surface area contributed by atoms with Gasteiger partial charge in [0, 0.05) is 42.4 Å². The molecule has 2 fully saturated rings. The number of nitrogens with zero attached hydrogens (tertiary/aromatic N) is 4. The molecule has 7 heteroatoms. The van der Waals surface area contributed by atoms with E-state index in [2.05, 4.69) is 48.9 Å². The van der Waals surface area contributed by atoms with Gasteiger partial charge in [-0.15, -0.1) is 0 Å². The Morgan fingerprint density at radius 2 is 1.89 bits per heavy atom. The van der Waals surface area contributed by atoms with Crippen LogP contribution in [0, 0.1) is 0 Å². The fourth-order valence-corrected chi connectivity index (χ4v) is 4.42. The lowest BCUT2D eigenvalue weighted by atomic mass is 10.1. The van der Waals surface area contributed by atoms with Crippen LogP contribution in [0.1, 0.15) is 38.5 Å². The van der Waals surface area contributed by atoms with Crippen LogP contribution < -0.4 is 15.5 Å².